The SMILES string of the molecule is COc1ccccc1-n1cc(CNC(=O)[C@H]2Cc3ccc(cc3)Oc3ccc(O)c(c3)C(=O)N[C@@H](C(C)C)C(=O)N[C@@H](C)C(=O)N2)cn1. The molecule has 0 saturated heterocycles. The number of ether oxygens (including phenoxy) is 2. The number of nitrogens with one attached hydrogen (secondary N) is 4. The highest BCUT2D eigenvalue weighted by Crippen LogP contribution is 2.28. The number of hydrogen-bond donors (Lipinski definition) is 5. The first kappa shape index (κ1) is 33.5. The Kier molecular flexibility index (Phi) is 10.3. The zero-order valence-corrected chi connectivity index (χ0v) is 27.0. The van der Waals surface area contributed by atoms with Crippen LogP contribution in [0.1, 0.15) is 42.3 Å². The number of phenols is 1. The lowest BCUT2D eigenvalue weighted by atomic mass is 10.0. The van der Waals surface area contributed by atoms with Crippen LogP contribution in [0.4, 0.5) is 0 Å². The van der Waals surface area contributed by atoms with Crippen LogP contribution in [-0.2, 0) is 27.3 Å². The first-order valence-corrected chi connectivity index (χ1v) is 15.5. The fourth-order valence-electron chi connectivity index (χ4n) is 5.17. The molecule has 13 nitrogen and oxygen atoms in total. The van der Waals surface area contributed by atoms with Gasteiger partial charge in [0.2, 0.25) is 17.7 Å². The number of rotatable bonds is 6. The van der Waals surface area contributed by atoms with Gasteiger partial charge in [0.15, 0.2) is 0 Å². The highest BCUT2D eigenvalue weighted by atomic mass is 16.5. The van der Waals surface area contributed by atoms with E-state index < -0.39 is 41.8 Å². The van der Waals surface area contributed by atoms with Crippen molar-refractivity contribution in [2.75, 3.05) is 7.11 Å². The number of aromatic hydroxyl groups is 1. The second-order valence-corrected chi connectivity index (χ2v) is 11.8. The average Bonchev–Trinajstić information content (AvgIpc) is 3.55. The number of aromatic nitrogens is 2. The summed E-state index contributed by atoms with van der Waals surface area (Å²) >= 11 is 0. The van der Waals surface area contributed by atoms with Crippen molar-refractivity contribution < 1.29 is 33.8 Å². The van der Waals surface area contributed by atoms with Gasteiger partial charge >= 0.3 is 0 Å². The van der Waals surface area contributed by atoms with E-state index in [1.54, 1.807) is 62.3 Å². The maximum Gasteiger partial charge on any atom is 0.255 e. The van der Waals surface area contributed by atoms with E-state index in [-0.39, 0.29) is 30.2 Å². The molecule has 0 spiro atoms. The molecule has 2 aliphatic heterocycles. The lowest BCUT2D eigenvalue weighted by Crippen LogP contribution is -2.57. The molecule has 0 fully saturated rings. The van der Waals surface area contributed by atoms with E-state index >= 15 is 0 Å². The van der Waals surface area contributed by atoms with Crippen LogP contribution in [0.15, 0.2) is 79.1 Å². The van der Waals surface area contributed by atoms with E-state index in [9.17, 15) is 24.3 Å². The van der Waals surface area contributed by atoms with Gasteiger partial charge < -0.3 is 35.8 Å². The Hall–Kier alpha value is -5.85. The molecule has 4 aromatic rings. The van der Waals surface area contributed by atoms with Crippen LogP contribution in [0, 0.1) is 5.92 Å². The van der Waals surface area contributed by atoms with Gasteiger partial charge in [-0.3, -0.25) is 19.2 Å². The van der Waals surface area contributed by atoms with Gasteiger partial charge in [-0.2, -0.15) is 5.10 Å². The molecule has 3 heterocycles. The summed E-state index contributed by atoms with van der Waals surface area (Å²) in [6.07, 6.45) is 3.55. The van der Waals surface area contributed by atoms with Gasteiger partial charge in [-0.05, 0) is 60.9 Å². The summed E-state index contributed by atoms with van der Waals surface area (Å²) in [5, 5.41) is 25.7. The molecule has 0 aliphatic carbocycles. The molecule has 1 aromatic heterocycles. The molecule has 13 heteroatoms. The molecule has 6 rings (SSSR count). The summed E-state index contributed by atoms with van der Waals surface area (Å²) in [5.74, 6) is -1.58. The Labute approximate surface area is 277 Å². The van der Waals surface area contributed by atoms with Gasteiger partial charge in [-0.1, -0.05) is 38.1 Å². The van der Waals surface area contributed by atoms with Gasteiger partial charge in [0.1, 0.15) is 46.8 Å². The van der Waals surface area contributed by atoms with Crippen LogP contribution in [0.25, 0.3) is 5.69 Å². The van der Waals surface area contributed by atoms with Crippen LogP contribution in [-0.4, -0.2) is 63.8 Å². The average molecular weight is 655 g/mol. The van der Waals surface area contributed by atoms with Crippen LogP contribution in [0.2, 0.25) is 0 Å². The van der Waals surface area contributed by atoms with Gasteiger partial charge in [0, 0.05) is 24.7 Å². The Morgan fingerprint density at radius 1 is 1.02 bits per heavy atom. The smallest absolute Gasteiger partial charge is 0.255 e. The maximum atomic E-state index is 13.5. The molecule has 0 radical (unpaired) electrons. The molecular formula is C35H38N6O7. The van der Waals surface area contributed by atoms with E-state index in [1.165, 1.54) is 25.1 Å². The third kappa shape index (κ3) is 7.92. The summed E-state index contributed by atoms with van der Waals surface area (Å²) < 4.78 is 13.0. The Balaban J connectivity index is 1.38. The first-order valence-electron chi connectivity index (χ1n) is 15.5. The molecule has 3 aromatic carbocycles. The zero-order chi connectivity index (χ0) is 34.4. The number of carbonyl (C=O) groups excluding carboxylic acids is 4. The predicted octanol–water partition coefficient (Wildman–Crippen LogP) is 3.00. The van der Waals surface area contributed by atoms with E-state index in [1.807, 2.05) is 24.3 Å². The number of phenolic OH excluding ortho intramolecular Hbond substituents is 1. The van der Waals surface area contributed by atoms with Gasteiger partial charge in [0.25, 0.3) is 5.91 Å². The monoisotopic (exact) mass is 654 g/mol. The fraction of sp³-hybridized carbons (Fsp3) is 0.286. The van der Waals surface area contributed by atoms with Crippen molar-refractivity contribution in [3.8, 4) is 28.7 Å². The van der Waals surface area contributed by atoms with E-state index in [0.29, 0.717) is 17.2 Å². The molecule has 3 atom stereocenters. The van der Waals surface area contributed by atoms with Crippen molar-refractivity contribution >= 4 is 23.6 Å². The Bertz CT molecular complexity index is 1800. The summed E-state index contributed by atoms with van der Waals surface area (Å²) in [4.78, 5) is 53.3. The second-order valence-electron chi connectivity index (χ2n) is 11.8. The number of hydrogen-bond acceptors (Lipinski definition) is 8. The quantitative estimate of drug-likeness (QED) is 0.198. The second kappa shape index (κ2) is 14.7. The summed E-state index contributed by atoms with van der Waals surface area (Å²) in [5.41, 5.74) is 2.12. The third-order valence-electron chi connectivity index (χ3n) is 7.87. The van der Waals surface area contributed by atoms with Crippen LogP contribution in [0.5, 0.6) is 23.0 Å². The van der Waals surface area contributed by atoms with Crippen molar-refractivity contribution in [1.29, 1.82) is 0 Å². The summed E-state index contributed by atoms with van der Waals surface area (Å²) in [6.45, 7) is 5.12. The lowest BCUT2D eigenvalue weighted by molar-refractivity contribution is -0.132. The molecule has 0 saturated carbocycles. The highest BCUT2D eigenvalue weighted by molar-refractivity contribution is 6.00. The van der Waals surface area contributed by atoms with E-state index in [4.69, 9.17) is 9.47 Å². The van der Waals surface area contributed by atoms with Gasteiger partial charge in [0.05, 0.1) is 18.9 Å². The standard InChI is InChI=1S/C35H38N6O7/c1-20(2)31-35(46)38-21(3)32(43)39-27(34(45)36-17-23-18-37-41(19-23)28-7-5-6-8-30(28)47-4)15-22-9-11-24(12-10-22)48-25-13-14-29(42)26(16-25)33(44)40-31/h5-14,16,18-21,27,31,42H,15,17H2,1-4H3,(H,36,45)(H,38,46)(H,39,43)(H,40,44)/t21-,27+,31-/m0/s1. The Morgan fingerprint density at radius 3 is 2.48 bits per heavy atom. The minimum absolute atomic E-state index is 0.0736. The molecule has 250 valence electrons. The number of carbonyl (C=O) groups is 4. The van der Waals surface area contributed by atoms with Crippen molar-refractivity contribution in [3.05, 3.63) is 95.8 Å². The van der Waals surface area contributed by atoms with Crippen LogP contribution < -0.4 is 30.7 Å². The normalized spacial score (nSPS) is 18.5. The largest absolute Gasteiger partial charge is 0.507 e. The molecule has 4 bridgehead atoms. The molecule has 0 unspecified atom stereocenters. The number of methoxy groups -OCH3 is 1. The van der Waals surface area contributed by atoms with Crippen molar-refractivity contribution in [1.82, 2.24) is 31.0 Å². The molecule has 5 N–H and O–H groups in total. The molecule has 2 aliphatic rings. The Morgan fingerprint density at radius 2 is 1.75 bits per heavy atom. The van der Waals surface area contributed by atoms with Gasteiger partial charge in [-0.25, -0.2) is 4.68 Å². The van der Waals surface area contributed by atoms with Crippen molar-refractivity contribution in [3.63, 3.8) is 0 Å². The number of fused-ring (bicyclic) bond motifs is 11. The van der Waals surface area contributed by atoms with Crippen molar-refractivity contribution in [2.45, 2.75) is 51.9 Å². The van der Waals surface area contributed by atoms with Crippen LogP contribution >= 0.6 is 0 Å². The fourth-order valence-corrected chi connectivity index (χ4v) is 5.17. The molecule has 48 heavy (non-hydrogen) atoms. The number of benzene rings is 3. The maximum absolute atomic E-state index is 13.5. The third-order valence-corrected chi connectivity index (χ3v) is 7.87. The number of para-hydroxylation sites is 2. The first-order chi connectivity index (χ1) is 23.0. The lowest BCUT2D eigenvalue weighted by Gasteiger charge is -2.25. The predicted molar refractivity (Wildman–Crippen MR) is 176 cm³/mol. The summed E-state index contributed by atoms with van der Waals surface area (Å²) in [6, 6.07) is 15.5. The van der Waals surface area contributed by atoms with Gasteiger partial charge in [-0.15, -0.1) is 0 Å². The topological polar surface area (TPSA) is 173 Å². The van der Waals surface area contributed by atoms with E-state index in [2.05, 4.69) is 26.4 Å². The zero-order valence-electron chi connectivity index (χ0n) is 27.0. The summed E-state index contributed by atoms with van der Waals surface area (Å²) in [7, 11) is 1.58. The van der Waals surface area contributed by atoms with Crippen LogP contribution in [0.3, 0.4) is 0 Å². The minimum Gasteiger partial charge on any atom is -0.507 e. The van der Waals surface area contributed by atoms with Crippen molar-refractivity contribution in [2.24, 2.45) is 5.92 Å². The molecular weight excluding hydrogens is 616 g/mol. The number of nitrogens with zero attached hydrogens (tertiary/aromatic N) is 2. The molecule has 4 amide bonds. The van der Waals surface area contributed by atoms with E-state index in [0.717, 1.165) is 16.8 Å². The number of amides is 4. The highest BCUT2D eigenvalue weighted by Gasteiger charge is 2.30. The minimum atomic E-state index is -1.04.